The predicted octanol–water partition coefficient (Wildman–Crippen LogP) is 4.15. The molecule has 9 nitrogen and oxygen atoms in total. The van der Waals surface area contributed by atoms with Crippen molar-refractivity contribution in [1.82, 2.24) is 25.2 Å². The summed E-state index contributed by atoms with van der Waals surface area (Å²) in [5, 5.41) is 17.7. The largest absolute Gasteiger partial charge is 0.493 e. The Bertz CT molecular complexity index is 1290. The second-order valence-corrected chi connectivity index (χ2v) is 8.91. The number of thioether (sulfide) groups is 1. The Morgan fingerprint density at radius 3 is 2.70 bits per heavy atom. The maximum Gasteiger partial charge on any atom is 0.236 e. The van der Waals surface area contributed by atoms with Crippen LogP contribution in [-0.4, -0.2) is 51.1 Å². The van der Waals surface area contributed by atoms with Gasteiger partial charge in [-0.05, 0) is 54.1 Å². The van der Waals surface area contributed by atoms with Gasteiger partial charge >= 0.3 is 0 Å². The number of anilines is 1. The Labute approximate surface area is 199 Å². The fraction of sp³-hybridized carbons (Fsp3) is 0.227. The summed E-state index contributed by atoms with van der Waals surface area (Å²) in [6.07, 6.45) is 0. The van der Waals surface area contributed by atoms with E-state index in [-0.39, 0.29) is 11.7 Å². The molecule has 4 aromatic rings. The fourth-order valence-corrected chi connectivity index (χ4v) is 4.63. The zero-order valence-corrected chi connectivity index (χ0v) is 20.2. The number of benzene rings is 2. The summed E-state index contributed by atoms with van der Waals surface area (Å²) in [5.74, 6) is 1.22. The molecule has 0 bridgehead atoms. The van der Waals surface area contributed by atoms with Gasteiger partial charge in [-0.15, -0.1) is 16.4 Å². The zero-order valence-electron chi connectivity index (χ0n) is 18.5. The highest BCUT2D eigenvalue weighted by atomic mass is 32.2. The minimum Gasteiger partial charge on any atom is -0.493 e. The minimum absolute atomic E-state index is 0.149. The number of nitrogens with zero attached hydrogens (tertiary/aromatic N) is 5. The van der Waals surface area contributed by atoms with E-state index in [1.165, 1.54) is 23.1 Å². The molecular formula is C22H22N6O3S2. The van der Waals surface area contributed by atoms with Crippen molar-refractivity contribution >= 4 is 34.1 Å². The molecule has 1 amide bonds. The molecule has 0 saturated heterocycles. The third-order valence-electron chi connectivity index (χ3n) is 4.78. The summed E-state index contributed by atoms with van der Waals surface area (Å²) >= 11 is 2.62. The van der Waals surface area contributed by atoms with Crippen molar-refractivity contribution in [1.29, 1.82) is 0 Å². The summed E-state index contributed by atoms with van der Waals surface area (Å²) < 4.78 is 12.3. The SMILES string of the molecule is COc1ccc(-c2csc(NC(=O)CSc3nnnn3-c3ccc(C)cc3C)n2)cc1OC. The van der Waals surface area contributed by atoms with Crippen LogP contribution in [0.2, 0.25) is 0 Å². The van der Waals surface area contributed by atoms with Crippen LogP contribution in [0.1, 0.15) is 11.1 Å². The first-order valence-corrected chi connectivity index (χ1v) is 11.8. The molecule has 2 aromatic heterocycles. The lowest BCUT2D eigenvalue weighted by Crippen LogP contribution is -2.14. The molecule has 0 radical (unpaired) electrons. The average molecular weight is 483 g/mol. The highest BCUT2D eigenvalue weighted by Gasteiger charge is 2.15. The Morgan fingerprint density at radius 2 is 1.94 bits per heavy atom. The molecule has 0 unspecified atom stereocenters. The molecule has 170 valence electrons. The third-order valence-corrected chi connectivity index (χ3v) is 6.46. The van der Waals surface area contributed by atoms with Gasteiger partial charge in [0, 0.05) is 10.9 Å². The topological polar surface area (TPSA) is 104 Å². The van der Waals surface area contributed by atoms with Crippen LogP contribution in [0.3, 0.4) is 0 Å². The maximum absolute atomic E-state index is 12.5. The fourth-order valence-electron chi connectivity index (χ4n) is 3.21. The van der Waals surface area contributed by atoms with Gasteiger partial charge in [0.1, 0.15) is 0 Å². The number of amides is 1. The van der Waals surface area contributed by atoms with Gasteiger partial charge in [-0.25, -0.2) is 4.98 Å². The van der Waals surface area contributed by atoms with Gasteiger partial charge in [-0.2, -0.15) is 4.68 Å². The van der Waals surface area contributed by atoms with Crippen LogP contribution >= 0.6 is 23.1 Å². The molecule has 2 aromatic carbocycles. The van der Waals surface area contributed by atoms with Crippen molar-refractivity contribution in [3.8, 4) is 28.4 Å². The lowest BCUT2D eigenvalue weighted by Gasteiger charge is -2.08. The first kappa shape index (κ1) is 22.7. The molecule has 0 saturated carbocycles. The molecule has 2 heterocycles. The number of ether oxygens (including phenoxy) is 2. The standard InChI is InChI=1S/C22H22N6O3S2/c1-13-5-7-17(14(2)9-13)28-22(25-26-27-28)33-12-20(29)24-21-23-16(11-32-21)15-6-8-18(30-3)19(10-15)31-4/h5-11H,12H2,1-4H3,(H,23,24,29). The number of nitrogens with one attached hydrogen (secondary N) is 1. The number of tetrazole rings is 1. The van der Waals surface area contributed by atoms with E-state index in [4.69, 9.17) is 9.47 Å². The summed E-state index contributed by atoms with van der Waals surface area (Å²) in [5.41, 5.74) is 4.70. The number of thiazole rings is 1. The summed E-state index contributed by atoms with van der Waals surface area (Å²) in [7, 11) is 3.18. The molecule has 0 spiro atoms. The van der Waals surface area contributed by atoms with Crippen LogP contribution in [-0.2, 0) is 4.79 Å². The van der Waals surface area contributed by atoms with E-state index >= 15 is 0 Å². The van der Waals surface area contributed by atoms with Crippen molar-refractivity contribution in [2.24, 2.45) is 0 Å². The number of carbonyl (C=O) groups excluding carboxylic acids is 1. The lowest BCUT2D eigenvalue weighted by molar-refractivity contribution is -0.113. The molecule has 1 N–H and O–H groups in total. The maximum atomic E-state index is 12.5. The Kier molecular flexibility index (Phi) is 6.90. The Hall–Kier alpha value is -3.44. The molecule has 0 fully saturated rings. The summed E-state index contributed by atoms with van der Waals surface area (Å²) in [6.45, 7) is 4.04. The van der Waals surface area contributed by atoms with Crippen LogP contribution in [0, 0.1) is 13.8 Å². The van der Waals surface area contributed by atoms with Crippen molar-refractivity contribution in [2.45, 2.75) is 19.0 Å². The van der Waals surface area contributed by atoms with Crippen LogP contribution in [0.25, 0.3) is 16.9 Å². The van der Waals surface area contributed by atoms with Gasteiger partial charge in [0.15, 0.2) is 16.6 Å². The predicted molar refractivity (Wildman–Crippen MR) is 129 cm³/mol. The molecule has 0 atom stereocenters. The third kappa shape index (κ3) is 5.15. The Balaban J connectivity index is 1.40. The number of methoxy groups -OCH3 is 2. The number of rotatable bonds is 8. The number of aryl methyl sites for hydroxylation is 2. The molecule has 33 heavy (non-hydrogen) atoms. The van der Waals surface area contributed by atoms with Gasteiger partial charge < -0.3 is 14.8 Å². The first-order chi connectivity index (χ1) is 16.0. The second-order valence-electron chi connectivity index (χ2n) is 7.11. The van der Waals surface area contributed by atoms with E-state index in [0.29, 0.717) is 21.8 Å². The van der Waals surface area contributed by atoms with E-state index in [0.717, 1.165) is 28.1 Å². The van der Waals surface area contributed by atoms with Crippen molar-refractivity contribution < 1.29 is 14.3 Å². The van der Waals surface area contributed by atoms with Crippen LogP contribution in [0.15, 0.2) is 46.9 Å². The molecule has 11 heteroatoms. The van der Waals surface area contributed by atoms with Crippen LogP contribution in [0.5, 0.6) is 11.5 Å². The second kappa shape index (κ2) is 10.0. The molecule has 0 aliphatic heterocycles. The number of carbonyl (C=O) groups is 1. The van der Waals surface area contributed by atoms with E-state index in [1.54, 1.807) is 18.9 Å². The number of hydrogen-bond acceptors (Lipinski definition) is 9. The normalized spacial score (nSPS) is 10.8. The van der Waals surface area contributed by atoms with Crippen LogP contribution in [0.4, 0.5) is 5.13 Å². The molecule has 0 aliphatic rings. The van der Waals surface area contributed by atoms with Gasteiger partial charge in [-0.1, -0.05) is 29.5 Å². The summed E-state index contributed by atoms with van der Waals surface area (Å²) in [6, 6.07) is 11.6. The summed E-state index contributed by atoms with van der Waals surface area (Å²) in [4.78, 5) is 17.0. The molecule has 4 rings (SSSR count). The van der Waals surface area contributed by atoms with E-state index in [1.807, 2.05) is 49.6 Å². The van der Waals surface area contributed by atoms with E-state index in [9.17, 15) is 4.79 Å². The van der Waals surface area contributed by atoms with Crippen LogP contribution < -0.4 is 14.8 Å². The van der Waals surface area contributed by atoms with Gasteiger partial charge in [0.05, 0.1) is 31.4 Å². The smallest absolute Gasteiger partial charge is 0.236 e. The van der Waals surface area contributed by atoms with E-state index < -0.39 is 0 Å². The van der Waals surface area contributed by atoms with Crippen molar-refractivity contribution in [3.05, 3.63) is 52.9 Å². The quantitative estimate of drug-likeness (QED) is 0.374. The number of hydrogen-bond donors (Lipinski definition) is 1. The van der Waals surface area contributed by atoms with Gasteiger partial charge in [-0.3, -0.25) is 4.79 Å². The highest BCUT2D eigenvalue weighted by Crippen LogP contribution is 2.33. The average Bonchev–Trinajstić information content (AvgIpc) is 3.47. The monoisotopic (exact) mass is 482 g/mol. The Morgan fingerprint density at radius 1 is 1.12 bits per heavy atom. The van der Waals surface area contributed by atoms with Crippen molar-refractivity contribution in [3.63, 3.8) is 0 Å². The lowest BCUT2D eigenvalue weighted by atomic mass is 10.1. The minimum atomic E-state index is -0.191. The van der Waals surface area contributed by atoms with Crippen molar-refractivity contribution in [2.75, 3.05) is 25.3 Å². The van der Waals surface area contributed by atoms with E-state index in [2.05, 4.69) is 31.9 Å². The highest BCUT2D eigenvalue weighted by molar-refractivity contribution is 7.99. The number of aromatic nitrogens is 5. The van der Waals surface area contributed by atoms with Gasteiger partial charge in [0.25, 0.3) is 0 Å². The first-order valence-electron chi connectivity index (χ1n) is 9.95. The van der Waals surface area contributed by atoms with Gasteiger partial charge in [0.2, 0.25) is 11.1 Å². The molecular weight excluding hydrogens is 460 g/mol. The molecule has 0 aliphatic carbocycles. The zero-order chi connectivity index (χ0) is 23.4.